The minimum atomic E-state index is -0.499. The van der Waals surface area contributed by atoms with Crippen LogP contribution in [0.15, 0.2) is 12.2 Å². The Morgan fingerprint density at radius 3 is 2.84 bits per heavy atom. The summed E-state index contributed by atoms with van der Waals surface area (Å²) in [5, 5.41) is 5.33. The largest absolute Gasteiger partial charge is 0.462 e. The molecule has 0 radical (unpaired) electrons. The van der Waals surface area contributed by atoms with E-state index in [9.17, 15) is 14.4 Å². The van der Waals surface area contributed by atoms with Gasteiger partial charge in [-0.05, 0) is 6.92 Å². The molecule has 0 unspecified atom stereocenters. The van der Waals surface area contributed by atoms with Crippen LogP contribution >= 0.6 is 0 Å². The van der Waals surface area contributed by atoms with Crippen molar-refractivity contribution in [3.05, 3.63) is 12.2 Å². The third-order valence-electron chi connectivity index (χ3n) is 2.56. The van der Waals surface area contributed by atoms with E-state index in [4.69, 9.17) is 4.74 Å². The molecule has 3 amide bonds. The molecule has 1 heterocycles. The molecule has 7 nitrogen and oxygen atoms in total. The lowest BCUT2D eigenvalue weighted by Gasteiger charge is -2.14. The molecule has 0 aromatic heterocycles. The van der Waals surface area contributed by atoms with E-state index in [1.807, 2.05) is 0 Å². The standard InChI is InChI=1S/C12H19N3O4/c1-9(2)11(17)19-8-3-10(16)13-4-6-15-7-5-14-12(15)18/h1,3-8H2,2H3,(H,13,16)(H,14,18). The quantitative estimate of drug-likeness (QED) is 0.488. The summed E-state index contributed by atoms with van der Waals surface area (Å²) in [6, 6.07) is -0.107. The molecule has 1 rings (SSSR count). The molecule has 0 bridgehead atoms. The Kier molecular flexibility index (Phi) is 5.84. The summed E-state index contributed by atoms with van der Waals surface area (Å²) in [5.41, 5.74) is 0.306. The molecule has 1 aliphatic heterocycles. The molecule has 1 fully saturated rings. The highest BCUT2D eigenvalue weighted by Gasteiger charge is 2.18. The molecule has 0 aromatic rings. The van der Waals surface area contributed by atoms with Crippen LogP contribution in [0.4, 0.5) is 4.79 Å². The summed E-state index contributed by atoms with van der Waals surface area (Å²) in [4.78, 5) is 35.3. The zero-order valence-electron chi connectivity index (χ0n) is 11.0. The molecule has 0 aromatic carbocycles. The van der Waals surface area contributed by atoms with Crippen molar-refractivity contribution in [1.29, 1.82) is 0 Å². The Morgan fingerprint density at radius 2 is 2.26 bits per heavy atom. The van der Waals surface area contributed by atoms with E-state index in [1.54, 1.807) is 11.8 Å². The van der Waals surface area contributed by atoms with Crippen molar-refractivity contribution < 1.29 is 19.1 Å². The molecule has 0 spiro atoms. The number of hydrogen-bond donors (Lipinski definition) is 2. The first-order valence-electron chi connectivity index (χ1n) is 6.13. The zero-order chi connectivity index (χ0) is 14.3. The fraction of sp³-hybridized carbons (Fsp3) is 0.583. The second-order valence-corrected chi connectivity index (χ2v) is 4.24. The van der Waals surface area contributed by atoms with Crippen LogP contribution in [0.3, 0.4) is 0 Å². The number of carbonyl (C=O) groups excluding carboxylic acids is 3. The maximum Gasteiger partial charge on any atom is 0.333 e. The minimum absolute atomic E-state index is 0.0295. The number of amides is 3. The summed E-state index contributed by atoms with van der Waals surface area (Å²) >= 11 is 0. The van der Waals surface area contributed by atoms with Crippen molar-refractivity contribution in [2.45, 2.75) is 13.3 Å². The number of rotatable bonds is 7. The summed E-state index contributed by atoms with van der Waals surface area (Å²) in [7, 11) is 0. The van der Waals surface area contributed by atoms with Crippen molar-refractivity contribution >= 4 is 17.9 Å². The van der Waals surface area contributed by atoms with Crippen molar-refractivity contribution in [2.75, 3.05) is 32.8 Å². The van der Waals surface area contributed by atoms with E-state index in [1.165, 1.54) is 0 Å². The average molecular weight is 269 g/mol. The molecular weight excluding hydrogens is 250 g/mol. The lowest BCUT2D eigenvalue weighted by molar-refractivity contribution is -0.139. The fourth-order valence-corrected chi connectivity index (χ4v) is 1.50. The molecule has 0 aliphatic carbocycles. The first-order valence-corrected chi connectivity index (χ1v) is 6.13. The van der Waals surface area contributed by atoms with Crippen molar-refractivity contribution in [3.8, 4) is 0 Å². The van der Waals surface area contributed by atoms with E-state index in [-0.39, 0.29) is 25.0 Å². The van der Waals surface area contributed by atoms with Crippen LogP contribution in [0.5, 0.6) is 0 Å². The van der Waals surface area contributed by atoms with E-state index < -0.39 is 5.97 Å². The number of carbonyl (C=O) groups is 3. The number of hydrogen-bond acceptors (Lipinski definition) is 4. The van der Waals surface area contributed by atoms with Gasteiger partial charge in [0, 0.05) is 31.8 Å². The predicted molar refractivity (Wildman–Crippen MR) is 68.4 cm³/mol. The van der Waals surface area contributed by atoms with Gasteiger partial charge in [0.05, 0.1) is 6.42 Å². The average Bonchev–Trinajstić information content (AvgIpc) is 2.75. The number of nitrogens with zero attached hydrogens (tertiary/aromatic N) is 1. The molecule has 7 heteroatoms. The van der Waals surface area contributed by atoms with Gasteiger partial charge in [0.1, 0.15) is 6.61 Å². The Labute approximate surface area is 112 Å². The van der Waals surface area contributed by atoms with Crippen LogP contribution in [0.25, 0.3) is 0 Å². The zero-order valence-corrected chi connectivity index (χ0v) is 11.0. The first kappa shape index (κ1) is 15.0. The van der Waals surface area contributed by atoms with Gasteiger partial charge in [-0.15, -0.1) is 0 Å². The highest BCUT2D eigenvalue weighted by molar-refractivity contribution is 5.87. The lowest BCUT2D eigenvalue weighted by Crippen LogP contribution is -2.37. The summed E-state index contributed by atoms with van der Waals surface area (Å²) in [5.74, 6) is -0.712. The van der Waals surface area contributed by atoms with E-state index in [0.717, 1.165) is 0 Å². The molecule has 1 aliphatic rings. The molecular formula is C12H19N3O4. The van der Waals surface area contributed by atoms with Crippen molar-refractivity contribution in [1.82, 2.24) is 15.5 Å². The van der Waals surface area contributed by atoms with Crippen LogP contribution < -0.4 is 10.6 Å². The number of nitrogens with one attached hydrogen (secondary N) is 2. The predicted octanol–water partition coefficient (Wildman–Crippen LogP) is -0.363. The van der Waals surface area contributed by atoms with Gasteiger partial charge in [0.2, 0.25) is 5.91 Å². The second kappa shape index (κ2) is 7.40. The number of ether oxygens (including phenoxy) is 1. The van der Waals surface area contributed by atoms with Crippen molar-refractivity contribution in [3.63, 3.8) is 0 Å². The van der Waals surface area contributed by atoms with Crippen LogP contribution in [-0.2, 0) is 14.3 Å². The SMILES string of the molecule is C=C(C)C(=O)OCCC(=O)NCCN1CCNC1=O. The Bertz CT molecular complexity index is 381. The van der Waals surface area contributed by atoms with Crippen LogP contribution in [0, 0.1) is 0 Å². The van der Waals surface area contributed by atoms with Crippen molar-refractivity contribution in [2.24, 2.45) is 0 Å². The molecule has 0 saturated carbocycles. The van der Waals surface area contributed by atoms with Gasteiger partial charge in [-0.2, -0.15) is 0 Å². The topological polar surface area (TPSA) is 87.7 Å². The van der Waals surface area contributed by atoms with Crippen LogP contribution in [-0.4, -0.2) is 55.6 Å². The number of esters is 1. The minimum Gasteiger partial charge on any atom is -0.462 e. The lowest BCUT2D eigenvalue weighted by atomic mass is 10.3. The van der Waals surface area contributed by atoms with E-state index >= 15 is 0 Å². The van der Waals surface area contributed by atoms with Gasteiger partial charge >= 0.3 is 12.0 Å². The summed E-state index contributed by atoms with van der Waals surface area (Å²) in [6.45, 7) is 7.17. The van der Waals surface area contributed by atoms with Gasteiger partial charge in [-0.25, -0.2) is 9.59 Å². The smallest absolute Gasteiger partial charge is 0.333 e. The third-order valence-corrected chi connectivity index (χ3v) is 2.56. The summed E-state index contributed by atoms with van der Waals surface area (Å²) < 4.78 is 4.80. The summed E-state index contributed by atoms with van der Waals surface area (Å²) in [6.07, 6.45) is 0.102. The van der Waals surface area contributed by atoms with Gasteiger partial charge in [-0.3, -0.25) is 4.79 Å². The van der Waals surface area contributed by atoms with Crippen LogP contribution in [0.2, 0.25) is 0 Å². The fourth-order valence-electron chi connectivity index (χ4n) is 1.50. The number of urea groups is 1. The van der Waals surface area contributed by atoms with Gasteiger partial charge in [0.15, 0.2) is 0 Å². The van der Waals surface area contributed by atoms with E-state index in [0.29, 0.717) is 31.8 Å². The van der Waals surface area contributed by atoms with Gasteiger partial charge in [0.25, 0.3) is 0 Å². The molecule has 106 valence electrons. The first-order chi connectivity index (χ1) is 9.00. The Hall–Kier alpha value is -2.05. The highest BCUT2D eigenvalue weighted by atomic mass is 16.5. The van der Waals surface area contributed by atoms with Gasteiger partial charge < -0.3 is 20.3 Å². The normalized spacial score (nSPS) is 13.9. The molecule has 2 N–H and O–H groups in total. The maximum atomic E-state index is 11.4. The highest BCUT2D eigenvalue weighted by Crippen LogP contribution is 1.95. The monoisotopic (exact) mass is 269 g/mol. The maximum absolute atomic E-state index is 11.4. The van der Waals surface area contributed by atoms with Gasteiger partial charge in [-0.1, -0.05) is 6.58 Å². The molecule has 19 heavy (non-hydrogen) atoms. The second-order valence-electron chi connectivity index (χ2n) is 4.24. The van der Waals surface area contributed by atoms with Crippen LogP contribution in [0.1, 0.15) is 13.3 Å². The Balaban J connectivity index is 2.06. The Morgan fingerprint density at radius 1 is 1.53 bits per heavy atom. The third kappa shape index (κ3) is 5.41. The van der Waals surface area contributed by atoms with E-state index in [2.05, 4.69) is 17.2 Å². The molecule has 0 atom stereocenters. The molecule has 1 saturated heterocycles.